The van der Waals surface area contributed by atoms with Crippen LogP contribution in [-0.4, -0.2) is 10.5 Å². The number of hydrogen-bond donors (Lipinski definition) is 0. The van der Waals surface area contributed by atoms with Crippen molar-refractivity contribution in [3.63, 3.8) is 0 Å². The van der Waals surface area contributed by atoms with E-state index in [0.29, 0.717) is 0 Å². The van der Waals surface area contributed by atoms with Crippen LogP contribution in [0.1, 0.15) is 0 Å². The molecule has 62 valence electrons. The Morgan fingerprint density at radius 1 is 0.909 bits per heavy atom. The average Bonchev–Trinajstić information content (AvgIpc) is 2.33. The lowest BCUT2D eigenvalue weighted by Crippen LogP contribution is -2.24. The Labute approximate surface area is 81.7 Å². The maximum Gasteiger partial charge on any atom is 0.381 e. The molecule has 0 spiro atoms. The lowest BCUT2D eigenvalue weighted by atomic mass is 10.7. The van der Waals surface area contributed by atoms with Gasteiger partial charge < -0.3 is 9.47 Å². The summed E-state index contributed by atoms with van der Waals surface area (Å²) in [7, 11) is 0. The molecule has 0 aromatic rings. The Kier molecular flexibility index (Phi) is 1.49. The number of ether oxygens (including phenoxy) is 3. The van der Waals surface area contributed by atoms with Crippen molar-refractivity contribution in [3.8, 4) is 0 Å². The summed E-state index contributed by atoms with van der Waals surface area (Å²) < 4.78 is 14.2. The third-order valence-electron chi connectivity index (χ3n) is 1.17. The molecule has 0 unspecified atom stereocenters. The molecule has 0 bridgehead atoms. The molecule has 0 saturated carbocycles. The van der Waals surface area contributed by atoms with Crippen molar-refractivity contribution in [2.45, 2.75) is 10.5 Å². The van der Waals surface area contributed by atoms with E-state index in [1.807, 2.05) is 0 Å². The van der Waals surface area contributed by atoms with Gasteiger partial charge in [0.05, 0.1) is 0 Å². The zero-order valence-electron chi connectivity index (χ0n) is 4.74. The van der Waals surface area contributed by atoms with E-state index >= 15 is 0 Å². The number of fused-ring (bicyclic) bond motifs is 1. The Morgan fingerprint density at radius 2 is 1.27 bits per heavy atom. The molecule has 11 heavy (non-hydrogen) atoms. The summed E-state index contributed by atoms with van der Waals surface area (Å²) in [5.41, 5.74) is 0. The molecule has 0 amide bonds. The van der Waals surface area contributed by atoms with Gasteiger partial charge in [0.15, 0.2) is 0 Å². The van der Waals surface area contributed by atoms with Crippen LogP contribution in [0.3, 0.4) is 0 Å². The van der Waals surface area contributed by atoms with Gasteiger partial charge in [-0.1, -0.05) is 0 Å². The monoisotopic (exact) mass is 236 g/mol. The Morgan fingerprint density at radius 3 is 1.64 bits per heavy atom. The molecule has 0 aromatic carbocycles. The Balaban J connectivity index is 2.30. The van der Waals surface area contributed by atoms with Gasteiger partial charge in [-0.3, -0.25) is 4.74 Å². The third kappa shape index (κ3) is 0.993. The molecule has 2 aliphatic rings. The fourth-order valence-electron chi connectivity index (χ4n) is 0.618. The quantitative estimate of drug-likeness (QED) is 0.479. The molecule has 2 aliphatic heterocycles. The van der Waals surface area contributed by atoms with Crippen LogP contribution < -0.4 is 0 Å². The molecular weight excluding hydrogens is 238 g/mol. The van der Waals surface area contributed by atoms with E-state index in [1.54, 1.807) is 0 Å². The van der Waals surface area contributed by atoms with Crippen molar-refractivity contribution in [3.05, 3.63) is 10.4 Å². The van der Waals surface area contributed by atoms with Crippen molar-refractivity contribution in [1.29, 1.82) is 0 Å². The Hall–Kier alpha value is 0.460. The van der Waals surface area contributed by atoms with E-state index < -0.39 is 10.5 Å². The number of alkyl halides is 2. The first-order valence-electron chi connectivity index (χ1n) is 2.48. The summed E-state index contributed by atoms with van der Waals surface area (Å²) in [6, 6.07) is 0. The van der Waals surface area contributed by atoms with E-state index in [1.165, 1.54) is 0 Å². The van der Waals surface area contributed by atoms with Crippen LogP contribution in [0.25, 0.3) is 0 Å². The maximum absolute atomic E-state index is 5.57. The van der Waals surface area contributed by atoms with Crippen molar-refractivity contribution in [2.24, 2.45) is 0 Å². The third-order valence-corrected chi connectivity index (χ3v) is 2.67. The first-order chi connectivity index (χ1) is 4.97. The average molecular weight is 238 g/mol. The molecule has 3 nitrogen and oxygen atoms in total. The second-order valence-corrected chi connectivity index (χ2v) is 3.61. The fourth-order valence-corrected chi connectivity index (χ4v) is 1.48. The number of halogens is 4. The number of epoxide rings is 1. The van der Waals surface area contributed by atoms with E-state index in [4.69, 9.17) is 55.9 Å². The SMILES string of the molecule is ClC1=C(Cl)O[C@]2(Cl)O[C@@]2(Cl)O1. The number of rotatable bonds is 0. The second kappa shape index (κ2) is 2.03. The van der Waals surface area contributed by atoms with E-state index in [0.717, 1.165) is 0 Å². The standard InChI is InChI=1S/C4Cl4O3/c5-1-2(6)10-4(8)3(7,9-1)11-4/t3-,4-/m0/s1. The lowest BCUT2D eigenvalue weighted by Gasteiger charge is -2.16. The zero-order valence-corrected chi connectivity index (χ0v) is 7.76. The topological polar surface area (TPSA) is 31.0 Å². The normalized spacial score (nSPS) is 47.6. The lowest BCUT2D eigenvalue weighted by molar-refractivity contribution is 0.0415. The first-order valence-corrected chi connectivity index (χ1v) is 3.99. The van der Waals surface area contributed by atoms with Gasteiger partial charge in [-0.05, 0) is 46.4 Å². The van der Waals surface area contributed by atoms with Crippen LogP contribution in [0.15, 0.2) is 10.4 Å². The maximum atomic E-state index is 5.57. The summed E-state index contributed by atoms with van der Waals surface area (Å²) in [6.45, 7) is 0. The molecular formula is C4Cl4O3. The zero-order chi connectivity index (χ0) is 8.28. The first kappa shape index (κ1) is 8.08. The molecule has 0 N–H and O–H groups in total. The van der Waals surface area contributed by atoms with E-state index in [-0.39, 0.29) is 10.4 Å². The minimum absolute atomic E-state index is 0.171. The molecule has 0 radical (unpaired) electrons. The molecule has 2 rings (SSSR count). The molecule has 7 heteroatoms. The molecule has 2 atom stereocenters. The summed E-state index contributed by atoms with van der Waals surface area (Å²) >= 11 is 22.0. The van der Waals surface area contributed by atoms with Gasteiger partial charge in [0, 0.05) is 0 Å². The summed E-state index contributed by atoms with van der Waals surface area (Å²) in [4.78, 5) is 0. The summed E-state index contributed by atoms with van der Waals surface area (Å²) in [6.07, 6.45) is 0. The van der Waals surface area contributed by atoms with Crippen LogP contribution in [0, 0.1) is 0 Å². The molecule has 0 aromatic heterocycles. The van der Waals surface area contributed by atoms with Crippen LogP contribution in [-0.2, 0) is 14.2 Å². The molecule has 1 fully saturated rings. The van der Waals surface area contributed by atoms with Crippen molar-refractivity contribution >= 4 is 46.4 Å². The summed E-state index contributed by atoms with van der Waals surface area (Å²) in [5, 5.41) is -3.39. The second-order valence-electron chi connectivity index (χ2n) is 1.93. The van der Waals surface area contributed by atoms with Crippen LogP contribution in [0.2, 0.25) is 0 Å². The fraction of sp³-hybridized carbons (Fsp3) is 0.500. The van der Waals surface area contributed by atoms with Gasteiger partial charge in [-0.25, -0.2) is 0 Å². The molecule has 0 aliphatic carbocycles. The predicted octanol–water partition coefficient (Wildman–Crippen LogP) is 2.45. The largest absolute Gasteiger partial charge is 0.426 e. The highest BCUT2D eigenvalue weighted by Crippen LogP contribution is 2.61. The highest BCUT2D eigenvalue weighted by molar-refractivity contribution is 6.40. The highest BCUT2D eigenvalue weighted by atomic mass is 35.5. The van der Waals surface area contributed by atoms with Gasteiger partial charge in [-0.15, -0.1) is 0 Å². The minimum Gasteiger partial charge on any atom is -0.426 e. The van der Waals surface area contributed by atoms with Gasteiger partial charge in [0.2, 0.25) is 10.4 Å². The van der Waals surface area contributed by atoms with Crippen LogP contribution in [0.4, 0.5) is 0 Å². The minimum atomic E-state index is -1.52. The van der Waals surface area contributed by atoms with Crippen molar-refractivity contribution in [1.82, 2.24) is 0 Å². The van der Waals surface area contributed by atoms with Crippen molar-refractivity contribution in [2.75, 3.05) is 0 Å². The van der Waals surface area contributed by atoms with Gasteiger partial charge in [0.25, 0.3) is 0 Å². The van der Waals surface area contributed by atoms with Gasteiger partial charge >= 0.3 is 10.5 Å². The predicted molar refractivity (Wildman–Crippen MR) is 39.2 cm³/mol. The molecule has 2 heterocycles. The van der Waals surface area contributed by atoms with E-state index in [2.05, 4.69) is 4.74 Å². The van der Waals surface area contributed by atoms with Crippen molar-refractivity contribution < 1.29 is 14.2 Å². The van der Waals surface area contributed by atoms with Gasteiger partial charge in [0.1, 0.15) is 0 Å². The van der Waals surface area contributed by atoms with Gasteiger partial charge in [-0.2, -0.15) is 0 Å². The Bertz CT molecular complexity index is 230. The molecule has 1 saturated heterocycles. The smallest absolute Gasteiger partial charge is 0.381 e. The highest BCUT2D eigenvalue weighted by Gasteiger charge is 2.79. The van der Waals surface area contributed by atoms with Crippen LogP contribution in [0.5, 0.6) is 0 Å². The number of hydrogen-bond acceptors (Lipinski definition) is 3. The summed E-state index contributed by atoms with van der Waals surface area (Å²) in [5.74, 6) is 0. The van der Waals surface area contributed by atoms with Crippen LogP contribution >= 0.6 is 46.4 Å². The van der Waals surface area contributed by atoms with E-state index in [9.17, 15) is 0 Å².